The van der Waals surface area contributed by atoms with Gasteiger partial charge in [0.1, 0.15) is 5.75 Å². The molecule has 0 amide bonds. The van der Waals surface area contributed by atoms with E-state index in [9.17, 15) is 0 Å². The molecule has 0 aliphatic carbocycles. The molecule has 0 fully saturated rings. The van der Waals surface area contributed by atoms with Crippen molar-refractivity contribution in [3.05, 3.63) is 28.3 Å². The SMILES string of the molecule is COc1c(C)c(C)cc(C)c1C(CCC#N)N(C)C. The molecule has 3 heteroatoms. The molecule has 0 aliphatic rings. The van der Waals surface area contributed by atoms with Crippen molar-refractivity contribution >= 4 is 0 Å². The zero-order valence-corrected chi connectivity index (χ0v) is 12.9. The normalized spacial score (nSPS) is 12.3. The quantitative estimate of drug-likeness (QED) is 0.812. The molecule has 0 saturated heterocycles. The maximum Gasteiger partial charge on any atom is 0.127 e. The molecular formula is C16H24N2O. The van der Waals surface area contributed by atoms with Crippen LogP contribution in [0.2, 0.25) is 0 Å². The molecule has 0 saturated carbocycles. The van der Waals surface area contributed by atoms with Crippen molar-refractivity contribution < 1.29 is 4.74 Å². The molecule has 19 heavy (non-hydrogen) atoms. The summed E-state index contributed by atoms with van der Waals surface area (Å²) >= 11 is 0. The molecule has 1 unspecified atom stereocenters. The number of ether oxygens (including phenoxy) is 1. The van der Waals surface area contributed by atoms with Crippen molar-refractivity contribution in [2.75, 3.05) is 21.2 Å². The minimum absolute atomic E-state index is 0.217. The second kappa shape index (κ2) is 6.58. The van der Waals surface area contributed by atoms with Gasteiger partial charge in [-0.15, -0.1) is 0 Å². The fraction of sp³-hybridized carbons (Fsp3) is 0.562. The van der Waals surface area contributed by atoms with Crippen molar-refractivity contribution in [3.63, 3.8) is 0 Å². The zero-order valence-electron chi connectivity index (χ0n) is 12.9. The van der Waals surface area contributed by atoms with E-state index < -0.39 is 0 Å². The van der Waals surface area contributed by atoms with Crippen LogP contribution in [0.25, 0.3) is 0 Å². The first-order valence-electron chi connectivity index (χ1n) is 6.62. The average Bonchev–Trinajstić information content (AvgIpc) is 2.35. The Morgan fingerprint density at radius 2 is 1.89 bits per heavy atom. The number of hydrogen-bond donors (Lipinski definition) is 0. The van der Waals surface area contributed by atoms with E-state index >= 15 is 0 Å². The molecule has 1 aromatic rings. The third kappa shape index (κ3) is 3.27. The van der Waals surface area contributed by atoms with Gasteiger partial charge in [0, 0.05) is 18.0 Å². The molecule has 104 valence electrons. The van der Waals surface area contributed by atoms with Crippen LogP contribution >= 0.6 is 0 Å². The molecule has 0 N–H and O–H groups in total. The summed E-state index contributed by atoms with van der Waals surface area (Å²) in [4.78, 5) is 2.16. The summed E-state index contributed by atoms with van der Waals surface area (Å²) in [7, 11) is 5.83. The number of aryl methyl sites for hydroxylation is 2. The molecule has 0 radical (unpaired) electrons. The van der Waals surface area contributed by atoms with E-state index in [-0.39, 0.29) is 6.04 Å². The van der Waals surface area contributed by atoms with E-state index in [1.165, 1.54) is 22.3 Å². The molecule has 0 spiro atoms. The van der Waals surface area contributed by atoms with Gasteiger partial charge in [0.2, 0.25) is 0 Å². The fourth-order valence-corrected chi connectivity index (χ4v) is 2.61. The van der Waals surface area contributed by atoms with Gasteiger partial charge in [0.05, 0.1) is 13.2 Å². The summed E-state index contributed by atoms with van der Waals surface area (Å²) in [5.41, 5.74) is 4.88. The number of hydrogen-bond acceptors (Lipinski definition) is 3. The topological polar surface area (TPSA) is 36.3 Å². The first kappa shape index (κ1) is 15.5. The minimum atomic E-state index is 0.217. The van der Waals surface area contributed by atoms with Crippen LogP contribution in [0.4, 0.5) is 0 Å². The van der Waals surface area contributed by atoms with Crippen molar-refractivity contribution in [3.8, 4) is 11.8 Å². The van der Waals surface area contributed by atoms with Crippen molar-refractivity contribution in [2.45, 2.75) is 39.7 Å². The molecule has 0 heterocycles. The van der Waals surface area contributed by atoms with Crippen LogP contribution in [0.3, 0.4) is 0 Å². The highest BCUT2D eigenvalue weighted by molar-refractivity contribution is 5.51. The Hall–Kier alpha value is -1.53. The largest absolute Gasteiger partial charge is 0.496 e. The van der Waals surface area contributed by atoms with Gasteiger partial charge in [-0.05, 0) is 58.0 Å². The third-order valence-corrected chi connectivity index (χ3v) is 3.72. The van der Waals surface area contributed by atoms with E-state index in [4.69, 9.17) is 10.00 Å². The van der Waals surface area contributed by atoms with Gasteiger partial charge in [-0.25, -0.2) is 0 Å². The van der Waals surface area contributed by atoms with Gasteiger partial charge < -0.3 is 9.64 Å². The number of nitrogens with zero attached hydrogens (tertiary/aromatic N) is 2. The molecule has 1 atom stereocenters. The second-order valence-corrected chi connectivity index (χ2v) is 5.26. The van der Waals surface area contributed by atoms with Gasteiger partial charge in [-0.1, -0.05) is 6.07 Å². The van der Waals surface area contributed by atoms with Crippen LogP contribution < -0.4 is 4.74 Å². The predicted molar refractivity (Wildman–Crippen MR) is 78.5 cm³/mol. The van der Waals surface area contributed by atoms with E-state index in [1.807, 2.05) is 0 Å². The van der Waals surface area contributed by atoms with Gasteiger partial charge in [-0.3, -0.25) is 0 Å². The first-order chi connectivity index (χ1) is 8.93. The lowest BCUT2D eigenvalue weighted by molar-refractivity contribution is 0.275. The van der Waals surface area contributed by atoms with E-state index in [0.29, 0.717) is 6.42 Å². The monoisotopic (exact) mass is 260 g/mol. The molecular weight excluding hydrogens is 236 g/mol. The van der Waals surface area contributed by atoms with Crippen LogP contribution in [0.15, 0.2) is 6.07 Å². The van der Waals surface area contributed by atoms with E-state index in [2.05, 4.69) is 51.9 Å². The Morgan fingerprint density at radius 1 is 1.26 bits per heavy atom. The molecule has 1 aromatic carbocycles. The summed E-state index contributed by atoms with van der Waals surface area (Å²) in [5.74, 6) is 0.967. The van der Waals surface area contributed by atoms with Gasteiger partial charge in [-0.2, -0.15) is 5.26 Å². The fourth-order valence-electron chi connectivity index (χ4n) is 2.61. The van der Waals surface area contributed by atoms with Gasteiger partial charge in [0.15, 0.2) is 0 Å². The number of nitriles is 1. The molecule has 0 aromatic heterocycles. The summed E-state index contributed by atoms with van der Waals surface area (Å²) in [6.07, 6.45) is 1.38. The van der Waals surface area contributed by atoms with Crippen molar-refractivity contribution in [2.24, 2.45) is 0 Å². The summed E-state index contributed by atoms with van der Waals surface area (Å²) in [6, 6.07) is 4.66. The third-order valence-electron chi connectivity index (χ3n) is 3.72. The number of rotatable bonds is 5. The maximum atomic E-state index is 8.84. The Balaban J connectivity index is 3.37. The first-order valence-corrected chi connectivity index (χ1v) is 6.62. The Bertz CT molecular complexity index is 487. The highest BCUT2D eigenvalue weighted by Gasteiger charge is 2.22. The molecule has 0 aliphatic heterocycles. The zero-order chi connectivity index (χ0) is 14.6. The van der Waals surface area contributed by atoms with Crippen LogP contribution in [0, 0.1) is 32.1 Å². The Kier molecular flexibility index (Phi) is 5.38. The summed E-state index contributed by atoms with van der Waals surface area (Å²) < 4.78 is 5.64. The standard InChI is InChI=1S/C16H24N2O/c1-11-10-12(2)15(16(19-6)13(11)3)14(18(4)5)8-7-9-17/h10,14H,7-8H2,1-6H3. The number of methoxy groups -OCH3 is 1. The predicted octanol–water partition coefficient (Wildman–Crippen LogP) is 3.53. The summed E-state index contributed by atoms with van der Waals surface area (Å²) in [6.45, 7) is 6.32. The van der Waals surface area contributed by atoms with Gasteiger partial charge in [0.25, 0.3) is 0 Å². The molecule has 1 rings (SSSR count). The summed E-state index contributed by atoms with van der Waals surface area (Å²) in [5, 5.41) is 8.84. The number of benzene rings is 1. The lowest BCUT2D eigenvalue weighted by Gasteiger charge is -2.28. The average molecular weight is 260 g/mol. The highest BCUT2D eigenvalue weighted by Crippen LogP contribution is 2.37. The lowest BCUT2D eigenvalue weighted by atomic mass is 9.91. The second-order valence-electron chi connectivity index (χ2n) is 5.26. The van der Waals surface area contributed by atoms with Crippen LogP contribution in [0.1, 0.15) is 41.1 Å². The van der Waals surface area contributed by atoms with E-state index in [1.54, 1.807) is 7.11 Å². The minimum Gasteiger partial charge on any atom is -0.496 e. The van der Waals surface area contributed by atoms with E-state index in [0.717, 1.165) is 12.2 Å². The van der Waals surface area contributed by atoms with Gasteiger partial charge >= 0.3 is 0 Å². The molecule has 3 nitrogen and oxygen atoms in total. The Morgan fingerprint density at radius 3 is 2.37 bits per heavy atom. The van der Waals surface area contributed by atoms with Crippen LogP contribution in [-0.2, 0) is 0 Å². The maximum absolute atomic E-state index is 8.84. The lowest BCUT2D eigenvalue weighted by Crippen LogP contribution is -2.22. The van der Waals surface area contributed by atoms with Crippen molar-refractivity contribution in [1.82, 2.24) is 4.90 Å². The molecule has 0 bridgehead atoms. The Labute approximate surface area is 116 Å². The smallest absolute Gasteiger partial charge is 0.127 e. The van der Waals surface area contributed by atoms with Crippen LogP contribution in [0.5, 0.6) is 5.75 Å². The van der Waals surface area contributed by atoms with Crippen LogP contribution in [-0.4, -0.2) is 26.1 Å². The van der Waals surface area contributed by atoms with Crippen molar-refractivity contribution in [1.29, 1.82) is 5.26 Å². The highest BCUT2D eigenvalue weighted by atomic mass is 16.5.